The van der Waals surface area contributed by atoms with E-state index in [1.54, 1.807) is 0 Å². The molecule has 0 aliphatic carbocycles. The minimum absolute atomic E-state index is 0.0177. The molecule has 1 aromatic carbocycles. The molecule has 0 fully saturated rings. The minimum Gasteiger partial charge on any atom is -0.508 e. The number of benzene rings is 1. The summed E-state index contributed by atoms with van der Waals surface area (Å²) in [6, 6.07) is 3.80. The maximum absolute atomic E-state index is 10.5. The van der Waals surface area contributed by atoms with E-state index in [4.69, 9.17) is 10.9 Å². The number of rotatable bonds is 3. The molecule has 6 heteroatoms. The highest BCUT2D eigenvalue weighted by Crippen LogP contribution is 2.22. The molecule has 4 N–H and O–H groups in total. The molecular weight excluding hydrogens is 174 g/mol. The van der Waals surface area contributed by atoms with Gasteiger partial charge in [0.05, 0.1) is 4.92 Å². The predicted molar refractivity (Wildman–Crippen MR) is 45.8 cm³/mol. The largest absolute Gasteiger partial charge is 0.508 e. The van der Waals surface area contributed by atoms with Crippen LogP contribution in [0, 0.1) is 10.1 Å². The number of nitrogens with one attached hydrogen (secondary N) is 1. The first-order valence-electron chi connectivity index (χ1n) is 3.55. The lowest BCUT2D eigenvalue weighted by Gasteiger charge is -2.01. The van der Waals surface area contributed by atoms with Gasteiger partial charge in [-0.1, -0.05) is 0 Å². The molecule has 0 saturated carbocycles. The van der Waals surface area contributed by atoms with Crippen molar-refractivity contribution in [3.05, 3.63) is 33.9 Å². The fourth-order valence-electron chi connectivity index (χ4n) is 1.00. The van der Waals surface area contributed by atoms with E-state index in [-0.39, 0.29) is 18.0 Å². The fraction of sp³-hybridized carbons (Fsp3) is 0.143. The molecule has 0 heterocycles. The van der Waals surface area contributed by atoms with Crippen molar-refractivity contribution in [3.63, 3.8) is 0 Å². The highest BCUT2D eigenvalue weighted by atomic mass is 16.6. The number of nitro groups is 1. The molecule has 0 aliphatic rings. The average molecular weight is 183 g/mol. The molecule has 1 rings (SSSR count). The Hall–Kier alpha value is -1.66. The summed E-state index contributed by atoms with van der Waals surface area (Å²) in [6.45, 7) is 0.144. The minimum atomic E-state index is -0.522. The van der Waals surface area contributed by atoms with Gasteiger partial charge >= 0.3 is 0 Å². The van der Waals surface area contributed by atoms with Crippen LogP contribution in [-0.2, 0) is 6.54 Å². The zero-order valence-corrected chi connectivity index (χ0v) is 6.73. The second-order valence-corrected chi connectivity index (χ2v) is 2.45. The summed E-state index contributed by atoms with van der Waals surface area (Å²) in [5.74, 6) is 5.01. The van der Waals surface area contributed by atoms with Gasteiger partial charge in [-0.3, -0.25) is 21.4 Å². The highest BCUT2D eigenvalue weighted by molar-refractivity contribution is 5.44. The van der Waals surface area contributed by atoms with E-state index >= 15 is 0 Å². The normalized spacial score (nSPS) is 9.92. The number of phenols is 1. The summed E-state index contributed by atoms with van der Waals surface area (Å²) in [4.78, 5) is 9.94. The Kier molecular flexibility index (Phi) is 2.78. The Morgan fingerprint density at radius 1 is 1.62 bits per heavy atom. The zero-order valence-electron chi connectivity index (χ0n) is 6.73. The number of hydrogen-bond donors (Lipinski definition) is 3. The van der Waals surface area contributed by atoms with Crippen LogP contribution in [0.1, 0.15) is 5.56 Å². The third kappa shape index (κ3) is 2.14. The monoisotopic (exact) mass is 183 g/mol. The van der Waals surface area contributed by atoms with Crippen LogP contribution in [0.15, 0.2) is 18.2 Å². The van der Waals surface area contributed by atoms with Gasteiger partial charge in [0.25, 0.3) is 5.69 Å². The first kappa shape index (κ1) is 9.43. The van der Waals surface area contributed by atoms with Crippen molar-refractivity contribution < 1.29 is 10.0 Å². The maximum Gasteiger partial charge on any atom is 0.274 e. The number of hydrogen-bond acceptors (Lipinski definition) is 5. The molecule has 70 valence electrons. The van der Waals surface area contributed by atoms with Gasteiger partial charge in [0.1, 0.15) is 5.75 Å². The maximum atomic E-state index is 10.5. The molecular formula is C7H9N3O3. The van der Waals surface area contributed by atoms with Crippen LogP contribution in [0.3, 0.4) is 0 Å². The second-order valence-electron chi connectivity index (χ2n) is 2.45. The molecule has 0 bridgehead atoms. The van der Waals surface area contributed by atoms with E-state index in [1.807, 2.05) is 0 Å². The SMILES string of the molecule is NNCc1cc(O)ccc1[N+](=O)[O-]. The number of nitrogens with two attached hydrogens (primary N) is 1. The number of nitrogens with zero attached hydrogens (tertiary/aromatic N) is 1. The highest BCUT2D eigenvalue weighted by Gasteiger charge is 2.12. The summed E-state index contributed by atoms with van der Waals surface area (Å²) in [5, 5.41) is 19.5. The fourth-order valence-corrected chi connectivity index (χ4v) is 1.00. The van der Waals surface area contributed by atoms with Crippen LogP contribution >= 0.6 is 0 Å². The van der Waals surface area contributed by atoms with Crippen LogP contribution in [0.2, 0.25) is 0 Å². The van der Waals surface area contributed by atoms with E-state index in [2.05, 4.69) is 5.43 Å². The molecule has 1 aromatic rings. The summed E-state index contributed by atoms with van der Waals surface area (Å²) in [6.07, 6.45) is 0. The second kappa shape index (κ2) is 3.83. The van der Waals surface area contributed by atoms with Gasteiger partial charge in [-0.25, -0.2) is 0 Å². The number of nitro benzene ring substituents is 1. The zero-order chi connectivity index (χ0) is 9.84. The first-order chi connectivity index (χ1) is 6.15. The van der Waals surface area contributed by atoms with Gasteiger partial charge in [-0.2, -0.15) is 0 Å². The number of aromatic hydroxyl groups is 1. The standard InChI is InChI=1S/C7H9N3O3/c8-9-4-5-3-6(11)1-2-7(5)10(12)13/h1-3,9,11H,4,8H2. The molecule has 0 amide bonds. The summed E-state index contributed by atoms with van der Waals surface area (Å²) in [7, 11) is 0. The van der Waals surface area contributed by atoms with Crippen molar-refractivity contribution in [1.29, 1.82) is 0 Å². The lowest BCUT2D eigenvalue weighted by atomic mass is 10.2. The summed E-state index contributed by atoms with van der Waals surface area (Å²) in [5.41, 5.74) is 2.59. The molecule has 0 radical (unpaired) electrons. The van der Waals surface area contributed by atoms with Crippen LogP contribution in [0.5, 0.6) is 5.75 Å². The Balaban J connectivity index is 3.10. The Labute approximate surface area is 74.1 Å². The van der Waals surface area contributed by atoms with Crippen molar-refractivity contribution in [3.8, 4) is 5.75 Å². The van der Waals surface area contributed by atoms with Crippen molar-refractivity contribution >= 4 is 5.69 Å². The Morgan fingerprint density at radius 3 is 2.85 bits per heavy atom. The lowest BCUT2D eigenvalue weighted by molar-refractivity contribution is -0.385. The van der Waals surface area contributed by atoms with Crippen LogP contribution in [0.4, 0.5) is 5.69 Å². The molecule has 0 unspecified atom stereocenters. The van der Waals surface area contributed by atoms with E-state index in [0.717, 1.165) is 0 Å². The predicted octanol–water partition coefficient (Wildman–Crippen LogP) is 0.264. The first-order valence-corrected chi connectivity index (χ1v) is 3.55. The molecule has 0 aromatic heterocycles. The number of hydrazine groups is 1. The third-order valence-corrected chi connectivity index (χ3v) is 1.55. The van der Waals surface area contributed by atoms with Crippen molar-refractivity contribution in [2.45, 2.75) is 6.54 Å². The third-order valence-electron chi connectivity index (χ3n) is 1.55. The van der Waals surface area contributed by atoms with E-state index < -0.39 is 4.92 Å². The van der Waals surface area contributed by atoms with Gasteiger partial charge in [0, 0.05) is 18.2 Å². The van der Waals surface area contributed by atoms with Gasteiger partial charge in [0.2, 0.25) is 0 Å². The van der Waals surface area contributed by atoms with E-state index in [0.29, 0.717) is 5.56 Å². The van der Waals surface area contributed by atoms with Gasteiger partial charge in [0.15, 0.2) is 0 Å². The lowest BCUT2D eigenvalue weighted by Crippen LogP contribution is -2.21. The van der Waals surface area contributed by atoms with E-state index in [9.17, 15) is 10.1 Å². The average Bonchev–Trinajstić information content (AvgIpc) is 2.04. The molecule has 0 saturated heterocycles. The smallest absolute Gasteiger partial charge is 0.274 e. The van der Waals surface area contributed by atoms with Gasteiger partial charge < -0.3 is 5.11 Å². The number of phenolic OH excluding ortho intramolecular Hbond substituents is 1. The summed E-state index contributed by atoms with van der Waals surface area (Å²) < 4.78 is 0. The van der Waals surface area contributed by atoms with Gasteiger partial charge in [-0.05, 0) is 12.1 Å². The van der Waals surface area contributed by atoms with Gasteiger partial charge in [-0.15, -0.1) is 0 Å². The van der Waals surface area contributed by atoms with Crippen molar-refractivity contribution in [2.24, 2.45) is 5.84 Å². The summed E-state index contributed by atoms with van der Waals surface area (Å²) >= 11 is 0. The molecule has 6 nitrogen and oxygen atoms in total. The Bertz CT molecular complexity index is 327. The quantitative estimate of drug-likeness (QED) is 0.354. The topological polar surface area (TPSA) is 101 Å². The molecule has 13 heavy (non-hydrogen) atoms. The van der Waals surface area contributed by atoms with Crippen LogP contribution in [-0.4, -0.2) is 10.0 Å². The Morgan fingerprint density at radius 2 is 2.31 bits per heavy atom. The van der Waals surface area contributed by atoms with E-state index in [1.165, 1.54) is 18.2 Å². The molecule has 0 spiro atoms. The van der Waals surface area contributed by atoms with Crippen LogP contribution < -0.4 is 11.3 Å². The van der Waals surface area contributed by atoms with Crippen molar-refractivity contribution in [2.75, 3.05) is 0 Å². The molecule has 0 atom stereocenters. The van der Waals surface area contributed by atoms with Crippen LogP contribution in [0.25, 0.3) is 0 Å². The molecule has 0 aliphatic heterocycles. The van der Waals surface area contributed by atoms with Crippen molar-refractivity contribution in [1.82, 2.24) is 5.43 Å².